The first-order chi connectivity index (χ1) is 15.3. The zero-order valence-electron chi connectivity index (χ0n) is 18.6. The Morgan fingerprint density at radius 2 is 1.97 bits per heavy atom. The molecule has 1 aliphatic rings. The number of carbonyl (C=O) groups excluding carboxylic acids is 2. The minimum absolute atomic E-state index is 0.0408. The SMILES string of the molecule is Cc1cc2nccc(Oc3ccc(CC(=O)CC4CC4)c(Cl)c3)c2cc1C(=O)NC(C)C. The molecule has 3 aromatic rings. The van der Waals surface area contributed by atoms with E-state index in [0.717, 1.165) is 34.9 Å². The highest BCUT2D eigenvalue weighted by Gasteiger charge is 2.24. The lowest BCUT2D eigenvalue weighted by Crippen LogP contribution is -2.30. The first kappa shape index (κ1) is 22.3. The molecule has 1 fully saturated rings. The number of aromatic nitrogens is 1. The second-order valence-electron chi connectivity index (χ2n) is 8.84. The zero-order valence-corrected chi connectivity index (χ0v) is 19.3. The number of benzene rings is 2. The van der Waals surface area contributed by atoms with Crippen LogP contribution in [0.15, 0.2) is 42.6 Å². The van der Waals surface area contributed by atoms with Crippen molar-refractivity contribution >= 4 is 34.2 Å². The molecule has 0 spiro atoms. The number of ether oxygens (including phenoxy) is 1. The first-order valence-corrected chi connectivity index (χ1v) is 11.4. The van der Waals surface area contributed by atoms with Crippen LogP contribution in [0.2, 0.25) is 5.02 Å². The fraction of sp³-hybridized carbons (Fsp3) is 0.346. The van der Waals surface area contributed by atoms with Crippen LogP contribution in [0, 0.1) is 12.8 Å². The summed E-state index contributed by atoms with van der Waals surface area (Å²) in [7, 11) is 0. The average molecular weight is 451 g/mol. The topological polar surface area (TPSA) is 68.3 Å². The molecule has 1 amide bonds. The molecule has 1 aliphatic carbocycles. The van der Waals surface area contributed by atoms with Crippen molar-refractivity contribution in [3.05, 3.63) is 64.3 Å². The maximum absolute atomic E-state index is 12.6. The molecule has 1 N–H and O–H groups in total. The molecule has 0 saturated heterocycles. The molecule has 1 heterocycles. The van der Waals surface area contributed by atoms with Crippen molar-refractivity contribution in [1.29, 1.82) is 0 Å². The normalized spacial score (nSPS) is 13.4. The van der Waals surface area contributed by atoms with Gasteiger partial charge < -0.3 is 10.1 Å². The van der Waals surface area contributed by atoms with E-state index in [0.29, 0.717) is 40.8 Å². The monoisotopic (exact) mass is 450 g/mol. The summed E-state index contributed by atoms with van der Waals surface area (Å²) in [5, 5.41) is 4.19. The third kappa shape index (κ3) is 5.28. The number of nitrogens with zero attached hydrogens (tertiary/aromatic N) is 1. The summed E-state index contributed by atoms with van der Waals surface area (Å²) in [5.41, 5.74) is 3.00. The molecule has 0 unspecified atom stereocenters. The molecule has 5 nitrogen and oxygen atoms in total. The van der Waals surface area contributed by atoms with Crippen molar-refractivity contribution in [2.24, 2.45) is 5.92 Å². The van der Waals surface area contributed by atoms with Gasteiger partial charge in [0, 0.05) is 41.1 Å². The van der Waals surface area contributed by atoms with Crippen molar-refractivity contribution in [2.75, 3.05) is 0 Å². The fourth-order valence-corrected chi connectivity index (χ4v) is 3.97. The fourth-order valence-electron chi connectivity index (χ4n) is 3.74. The Hall–Kier alpha value is -2.92. The number of nitrogens with one attached hydrogen (secondary N) is 1. The van der Waals surface area contributed by atoms with Crippen LogP contribution in [0.25, 0.3) is 10.9 Å². The maximum Gasteiger partial charge on any atom is 0.251 e. The van der Waals surface area contributed by atoms with Crippen LogP contribution in [0.5, 0.6) is 11.5 Å². The summed E-state index contributed by atoms with van der Waals surface area (Å²) in [4.78, 5) is 29.2. The number of hydrogen-bond acceptors (Lipinski definition) is 4. The van der Waals surface area contributed by atoms with E-state index in [1.807, 2.05) is 45.0 Å². The third-order valence-electron chi connectivity index (χ3n) is 5.57. The Kier molecular flexibility index (Phi) is 6.47. The predicted octanol–water partition coefficient (Wildman–Crippen LogP) is 6.04. The van der Waals surface area contributed by atoms with Crippen LogP contribution in [-0.2, 0) is 11.2 Å². The van der Waals surface area contributed by atoms with Gasteiger partial charge >= 0.3 is 0 Å². The summed E-state index contributed by atoms with van der Waals surface area (Å²) in [6, 6.07) is 10.9. The second-order valence-corrected chi connectivity index (χ2v) is 9.25. The number of ketones is 1. The Balaban J connectivity index is 1.58. The Bertz CT molecular complexity index is 1190. The van der Waals surface area contributed by atoms with E-state index < -0.39 is 0 Å². The lowest BCUT2D eigenvalue weighted by Gasteiger charge is -2.14. The number of fused-ring (bicyclic) bond motifs is 1. The van der Waals surface area contributed by atoms with Gasteiger partial charge in [-0.3, -0.25) is 14.6 Å². The van der Waals surface area contributed by atoms with Gasteiger partial charge in [0.2, 0.25) is 0 Å². The number of amides is 1. The molecule has 1 saturated carbocycles. The van der Waals surface area contributed by atoms with Gasteiger partial charge in [0.25, 0.3) is 5.91 Å². The van der Waals surface area contributed by atoms with E-state index in [1.165, 1.54) is 0 Å². The highest BCUT2D eigenvalue weighted by atomic mass is 35.5. The number of pyridine rings is 1. The van der Waals surface area contributed by atoms with Crippen molar-refractivity contribution < 1.29 is 14.3 Å². The standard InChI is InChI=1S/C26H27ClN2O3/c1-15(2)29-26(31)21-14-22-24(10-16(21)3)28-9-8-25(22)32-20-7-6-18(23(27)13-20)12-19(30)11-17-4-5-17/h6-10,13-15,17H,4-5,11-12H2,1-3H3,(H,29,31). The molecule has 166 valence electrons. The molecule has 0 bridgehead atoms. The van der Waals surface area contributed by atoms with E-state index >= 15 is 0 Å². The van der Waals surface area contributed by atoms with Gasteiger partial charge in [0.15, 0.2) is 0 Å². The third-order valence-corrected chi connectivity index (χ3v) is 5.92. The molecular weight excluding hydrogens is 424 g/mol. The van der Waals surface area contributed by atoms with Crippen LogP contribution in [-0.4, -0.2) is 22.7 Å². The Morgan fingerprint density at radius 3 is 2.66 bits per heavy atom. The van der Waals surface area contributed by atoms with Crippen molar-refractivity contribution in [2.45, 2.75) is 52.5 Å². The molecule has 2 aromatic carbocycles. The summed E-state index contributed by atoms with van der Waals surface area (Å²) in [6.07, 6.45) is 4.99. The summed E-state index contributed by atoms with van der Waals surface area (Å²) in [6.45, 7) is 5.75. The van der Waals surface area contributed by atoms with Gasteiger partial charge in [-0.25, -0.2) is 0 Å². The summed E-state index contributed by atoms with van der Waals surface area (Å²) < 4.78 is 6.12. The summed E-state index contributed by atoms with van der Waals surface area (Å²) in [5.74, 6) is 1.82. The maximum atomic E-state index is 12.6. The minimum Gasteiger partial charge on any atom is -0.457 e. The van der Waals surface area contributed by atoms with Crippen LogP contribution in [0.1, 0.15) is 54.6 Å². The zero-order chi connectivity index (χ0) is 22.8. The van der Waals surface area contributed by atoms with E-state index in [9.17, 15) is 9.59 Å². The second kappa shape index (κ2) is 9.29. The van der Waals surface area contributed by atoms with Gasteiger partial charge in [0.1, 0.15) is 17.3 Å². The highest BCUT2D eigenvalue weighted by molar-refractivity contribution is 6.31. The molecule has 0 aliphatic heterocycles. The number of rotatable bonds is 8. The van der Waals surface area contributed by atoms with Crippen LogP contribution in [0.4, 0.5) is 0 Å². The molecule has 0 radical (unpaired) electrons. The number of hydrogen-bond donors (Lipinski definition) is 1. The quantitative estimate of drug-likeness (QED) is 0.454. The number of carbonyl (C=O) groups is 2. The van der Waals surface area contributed by atoms with E-state index in [1.54, 1.807) is 18.3 Å². The molecular formula is C26H27ClN2O3. The van der Waals surface area contributed by atoms with Crippen molar-refractivity contribution in [3.63, 3.8) is 0 Å². The van der Waals surface area contributed by atoms with Crippen molar-refractivity contribution in [3.8, 4) is 11.5 Å². The van der Waals surface area contributed by atoms with Gasteiger partial charge in [0.05, 0.1) is 5.52 Å². The first-order valence-electron chi connectivity index (χ1n) is 11.0. The Labute approximate surface area is 193 Å². The molecule has 32 heavy (non-hydrogen) atoms. The number of halogens is 1. The summed E-state index contributed by atoms with van der Waals surface area (Å²) >= 11 is 6.45. The van der Waals surface area contributed by atoms with E-state index in [-0.39, 0.29) is 17.7 Å². The lowest BCUT2D eigenvalue weighted by molar-refractivity contribution is -0.118. The van der Waals surface area contributed by atoms with Crippen LogP contribution >= 0.6 is 11.6 Å². The van der Waals surface area contributed by atoms with E-state index in [4.69, 9.17) is 16.3 Å². The van der Waals surface area contributed by atoms with Gasteiger partial charge in [-0.05, 0) is 81.0 Å². The van der Waals surface area contributed by atoms with Gasteiger partial charge in [-0.2, -0.15) is 0 Å². The largest absolute Gasteiger partial charge is 0.457 e. The molecule has 4 rings (SSSR count). The predicted molar refractivity (Wildman–Crippen MR) is 127 cm³/mol. The number of Topliss-reactive ketones (excluding diaryl/α,β-unsaturated/α-hetero) is 1. The van der Waals surface area contributed by atoms with E-state index in [2.05, 4.69) is 10.3 Å². The molecule has 0 atom stereocenters. The van der Waals surface area contributed by atoms with Gasteiger partial charge in [-0.15, -0.1) is 0 Å². The van der Waals surface area contributed by atoms with Crippen LogP contribution in [0.3, 0.4) is 0 Å². The molecule has 1 aromatic heterocycles. The van der Waals surface area contributed by atoms with Crippen molar-refractivity contribution in [1.82, 2.24) is 10.3 Å². The Morgan fingerprint density at radius 1 is 1.19 bits per heavy atom. The lowest BCUT2D eigenvalue weighted by atomic mass is 10.0. The highest BCUT2D eigenvalue weighted by Crippen LogP contribution is 2.35. The molecule has 6 heteroatoms. The smallest absolute Gasteiger partial charge is 0.251 e. The van der Waals surface area contributed by atoms with Crippen LogP contribution < -0.4 is 10.1 Å². The minimum atomic E-state index is -0.127. The van der Waals surface area contributed by atoms with Gasteiger partial charge in [-0.1, -0.05) is 17.7 Å². The average Bonchev–Trinajstić information content (AvgIpc) is 3.53. The number of aryl methyl sites for hydroxylation is 1.